The lowest BCUT2D eigenvalue weighted by molar-refractivity contribution is 0.563. The second-order valence-corrected chi connectivity index (χ2v) is 5.04. The van der Waals surface area contributed by atoms with Gasteiger partial charge in [-0.05, 0) is 36.5 Å². The predicted molar refractivity (Wildman–Crippen MR) is 69.7 cm³/mol. The van der Waals surface area contributed by atoms with Gasteiger partial charge in [-0.3, -0.25) is 4.68 Å². The zero-order valence-corrected chi connectivity index (χ0v) is 10.5. The summed E-state index contributed by atoms with van der Waals surface area (Å²) in [6.07, 6.45) is 6.40. The molecule has 1 fully saturated rings. The van der Waals surface area contributed by atoms with E-state index < -0.39 is 0 Å². The van der Waals surface area contributed by atoms with E-state index in [9.17, 15) is 4.39 Å². The molecule has 1 aromatic carbocycles. The summed E-state index contributed by atoms with van der Waals surface area (Å²) in [5, 5.41) is 13.0. The SMILES string of the molecule is N#CCc1ccc(F)c(-c2cnn(CC3CC3)c2)c1. The van der Waals surface area contributed by atoms with Gasteiger partial charge < -0.3 is 0 Å². The number of benzene rings is 1. The molecule has 0 bridgehead atoms. The Balaban J connectivity index is 1.89. The van der Waals surface area contributed by atoms with Crippen molar-refractivity contribution >= 4 is 0 Å². The van der Waals surface area contributed by atoms with Gasteiger partial charge in [-0.15, -0.1) is 0 Å². The first-order valence-corrected chi connectivity index (χ1v) is 6.44. The van der Waals surface area contributed by atoms with Crippen molar-refractivity contribution in [1.82, 2.24) is 9.78 Å². The Morgan fingerprint density at radius 3 is 3.00 bits per heavy atom. The molecular weight excluding hydrogens is 241 g/mol. The molecule has 0 radical (unpaired) electrons. The molecule has 0 amide bonds. The van der Waals surface area contributed by atoms with Crippen molar-refractivity contribution in [1.29, 1.82) is 5.26 Å². The molecular formula is C15H14FN3. The molecule has 19 heavy (non-hydrogen) atoms. The minimum atomic E-state index is -0.271. The fraction of sp³-hybridized carbons (Fsp3) is 0.333. The topological polar surface area (TPSA) is 41.6 Å². The highest BCUT2D eigenvalue weighted by Gasteiger charge is 2.22. The average Bonchev–Trinajstić information content (AvgIpc) is 3.09. The Labute approximate surface area is 111 Å². The number of hydrogen-bond acceptors (Lipinski definition) is 2. The van der Waals surface area contributed by atoms with E-state index in [1.807, 2.05) is 10.9 Å². The van der Waals surface area contributed by atoms with E-state index in [4.69, 9.17) is 5.26 Å². The van der Waals surface area contributed by atoms with Crippen LogP contribution in [0.2, 0.25) is 0 Å². The van der Waals surface area contributed by atoms with Crippen molar-refractivity contribution in [3.8, 4) is 17.2 Å². The molecule has 1 heterocycles. The monoisotopic (exact) mass is 255 g/mol. The van der Waals surface area contributed by atoms with Crippen LogP contribution in [0, 0.1) is 23.1 Å². The van der Waals surface area contributed by atoms with Gasteiger partial charge in [0.15, 0.2) is 0 Å². The van der Waals surface area contributed by atoms with Crippen molar-refractivity contribution in [2.75, 3.05) is 0 Å². The first-order chi connectivity index (χ1) is 9.26. The lowest BCUT2D eigenvalue weighted by atomic mass is 10.0. The Morgan fingerprint density at radius 2 is 2.26 bits per heavy atom. The molecule has 0 atom stereocenters. The van der Waals surface area contributed by atoms with Crippen LogP contribution in [0.4, 0.5) is 4.39 Å². The Kier molecular flexibility index (Phi) is 3.04. The van der Waals surface area contributed by atoms with Gasteiger partial charge in [0, 0.05) is 23.9 Å². The van der Waals surface area contributed by atoms with Crippen molar-refractivity contribution in [2.45, 2.75) is 25.8 Å². The Hall–Kier alpha value is -2.15. The molecule has 3 nitrogen and oxygen atoms in total. The van der Waals surface area contributed by atoms with Crippen LogP contribution in [-0.2, 0) is 13.0 Å². The lowest BCUT2D eigenvalue weighted by Gasteiger charge is -2.02. The smallest absolute Gasteiger partial charge is 0.131 e. The maximum absolute atomic E-state index is 13.9. The van der Waals surface area contributed by atoms with E-state index in [1.165, 1.54) is 18.9 Å². The van der Waals surface area contributed by atoms with Gasteiger partial charge in [0.1, 0.15) is 5.82 Å². The molecule has 1 aliphatic carbocycles. The van der Waals surface area contributed by atoms with E-state index in [0.29, 0.717) is 12.0 Å². The third-order valence-electron chi connectivity index (χ3n) is 3.40. The fourth-order valence-corrected chi connectivity index (χ4v) is 2.16. The highest BCUT2D eigenvalue weighted by Crippen LogP contribution is 2.31. The van der Waals surface area contributed by atoms with Crippen molar-refractivity contribution in [2.24, 2.45) is 5.92 Å². The van der Waals surface area contributed by atoms with Crippen LogP contribution in [0.5, 0.6) is 0 Å². The van der Waals surface area contributed by atoms with Crippen LogP contribution >= 0.6 is 0 Å². The van der Waals surface area contributed by atoms with Gasteiger partial charge in [0.05, 0.1) is 18.7 Å². The van der Waals surface area contributed by atoms with Crippen LogP contribution in [0.3, 0.4) is 0 Å². The van der Waals surface area contributed by atoms with Gasteiger partial charge in [-0.1, -0.05) is 6.07 Å². The normalized spacial score (nSPS) is 14.3. The molecule has 0 aliphatic heterocycles. The zero-order valence-electron chi connectivity index (χ0n) is 10.5. The highest BCUT2D eigenvalue weighted by molar-refractivity contribution is 5.63. The summed E-state index contributed by atoms with van der Waals surface area (Å²) in [6.45, 7) is 0.916. The predicted octanol–water partition coefficient (Wildman–Crippen LogP) is 3.17. The molecule has 96 valence electrons. The molecule has 1 aromatic heterocycles. The van der Waals surface area contributed by atoms with Crippen molar-refractivity contribution < 1.29 is 4.39 Å². The van der Waals surface area contributed by atoms with Gasteiger partial charge in [0.2, 0.25) is 0 Å². The Bertz CT molecular complexity index is 635. The second kappa shape index (κ2) is 4.85. The van der Waals surface area contributed by atoms with Crippen LogP contribution in [-0.4, -0.2) is 9.78 Å². The summed E-state index contributed by atoms with van der Waals surface area (Å²) in [5.41, 5.74) is 2.13. The first-order valence-electron chi connectivity index (χ1n) is 6.44. The second-order valence-electron chi connectivity index (χ2n) is 5.04. The molecule has 1 aliphatic rings. The summed E-state index contributed by atoms with van der Waals surface area (Å²) in [6, 6.07) is 6.88. The van der Waals surface area contributed by atoms with Gasteiger partial charge in [-0.2, -0.15) is 10.4 Å². The van der Waals surface area contributed by atoms with E-state index in [2.05, 4.69) is 11.2 Å². The number of hydrogen-bond donors (Lipinski definition) is 0. The maximum Gasteiger partial charge on any atom is 0.131 e. The number of rotatable bonds is 4. The average molecular weight is 255 g/mol. The maximum atomic E-state index is 13.9. The number of halogens is 1. The number of nitriles is 1. The minimum absolute atomic E-state index is 0.271. The van der Waals surface area contributed by atoms with E-state index in [-0.39, 0.29) is 5.82 Å². The van der Waals surface area contributed by atoms with Crippen LogP contribution in [0.15, 0.2) is 30.6 Å². The number of nitrogens with zero attached hydrogens (tertiary/aromatic N) is 3. The van der Waals surface area contributed by atoms with Gasteiger partial charge in [-0.25, -0.2) is 4.39 Å². The molecule has 0 unspecified atom stereocenters. The minimum Gasteiger partial charge on any atom is -0.272 e. The summed E-state index contributed by atoms with van der Waals surface area (Å²) in [7, 11) is 0. The largest absolute Gasteiger partial charge is 0.272 e. The molecule has 3 rings (SSSR count). The summed E-state index contributed by atoms with van der Waals surface area (Å²) >= 11 is 0. The zero-order chi connectivity index (χ0) is 13.2. The molecule has 0 saturated heterocycles. The summed E-state index contributed by atoms with van der Waals surface area (Å²) in [5.74, 6) is 0.468. The third kappa shape index (κ3) is 2.65. The van der Waals surface area contributed by atoms with Crippen LogP contribution in [0.25, 0.3) is 11.1 Å². The van der Waals surface area contributed by atoms with Gasteiger partial charge >= 0.3 is 0 Å². The first kappa shape index (κ1) is 11.9. The molecule has 0 N–H and O–H groups in total. The van der Waals surface area contributed by atoms with Crippen LogP contribution < -0.4 is 0 Å². The van der Waals surface area contributed by atoms with Crippen molar-refractivity contribution in [3.63, 3.8) is 0 Å². The molecule has 4 heteroatoms. The molecule has 2 aromatic rings. The van der Waals surface area contributed by atoms with E-state index >= 15 is 0 Å². The molecule has 0 spiro atoms. The molecule has 1 saturated carbocycles. The summed E-state index contributed by atoms with van der Waals surface area (Å²) in [4.78, 5) is 0. The fourth-order valence-electron chi connectivity index (χ4n) is 2.16. The third-order valence-corrected chi connectivity index (χ3v) is 3.40. The van der Waals surface area contributed by atoms with E-state index in [1.54, 1.807) is 18.3 Å². The van der Waals surface area contributed by atoms with Crippen LogP contribution in [0.1, 0.15) is 18.4 Å². The Morgan fingerprint density at radius 1 is 1.42 bits per heavy atom. The summed E-state index contributed by atoms with van der Waals surface area (Å²) < 4.78 is 15.7. The number of aromatic nitrogens is 2. The lowest BCUT2D eigenvalue weighted by Crippen LogP contribution is -1.99. The highest BCUT2D eigenvalue weighted by atomic mass is 19.1. The van der Waals surface area contributed by atoms with E-state index in [0.717, 1.165) is 23.6 Å². The quantitative estimate of drug-likeness (QED) is 0.842. The van der Waals surface area contributed by atoms with Gasteiger partial charge in [0.25, 0.3) is 0 Å². The standard InChI is InChI=1S/C15H14FN3/c16-15-4-3-11(5-6-17)7-14(15)13-8-18-19(10-13)9-12-1-2-12/h3-4,7-8,10,12H,1-2,5,9H2. The van der Waals surface area contributed by atoms with Crippen molar-refractivity contribution in [3.05, 3.63) is 42.0 Å².